The summed E-state index contributed by atoms with van der Waals surface area (Å²) in [5.41, 5.74) is 1.06. The standard InChI is InChI=1S/C17H23N3O2S/c1-11(2)15-4-5-16(23-15)17(21)19-12-6-7-22-14(8-12)13-9-18-10-20(13)3/h4-5,9-12,14H,6-8H2,1-3H3,(H,19,21)/t12-,14-/m0/s1. The van der Waals surface area contributed by atoms with Gasteiger partial charge in [0, 0.05) is 24.6 Å². The molecule has 0 saturated carbocycles. The summed E-state index contributed by atoms with van der Waals surface area (Å²) in [5.74, 6) is 0.483. The predicted molar refractivity (Wildman–Crippen MR) is 90.8 cm³/mol. The number of imidazole rings is 1. The first-order valence-corrected chi connectivity index (χ1v) is 8.84. The summed E-state index contributed by atoms with van der Waals surface area (Å²) in [4.78, 5) is 18.6. The van der Waals surface area contributed by atoms with Gasteiger partial charge in [-0.15, -0.1) is 11.3 Å². The van der Waals surface area contributed by atoms with Crippen molar-refractivity contribution in [1.29, 1.82) is 0 Å². The molecule has 0 radical (unpaired) electrons. The highest BCUT2D eigenvalue weighted by atomic mass is 32.1. The van der Waals surface area contributed by atoms with Gasteiger partial charge in [-0.25, -0.2) is 4.98 Å². The monoisotopic (exact) mass is 333 g/mol. The van der Waals surface area contributed by atoms with E-state index in [4.69, 9.17) is 4.74 Å². The fourth-order valence-corrected chi connectivity index (χ4v) is 3.77. The molecule has 0 bridgehead atoms. The first kappa shape index (κ1) is 16.2. The zero-order valence-corrected chi connectivity index (χ0v) is 14.6. The summed E-state index contributed by atoms with van der Waals surface area (Å²) in [6, 6.07) is 4.11. The van der Waals surface area contributed by atoms with Crippen LogP contribution >= 0.6 is 11.3 Å². The van der Waals surface area contributed by atoms with Gasteiger partial charge in [0.1, 0.15) is 6.10 Å². The van der Waals surface area contributed by atoms with Gasteiger partial charge in [0.25, 0.3) is 5.91 Å². The lowest BCUT2D eigenvalue weighted by Gasteiger charge is -2.30. The number of aryl methyl sites for hydroxylation is 1. The lowest BCUT2D eigenvalue weighted by molar-refractivity contribution is -0.00298. The van der Waals surface area contributed by atoms with Crippen molar-refractivity contribution in [2.24, 2.45) is 7.05 Å². The zero-order chi connectivity index (χ0) is 16.4. The van der Waals surface area contributed by atoms with Crippen molar-refractivity contribution in [2.45, 2.75) is 44.8 Å². The molecule has 2 aromatic heterocycles. The second-order valence-electron chi connectivity index (χ2n) is 6.34. The fourth-order valence-electron chi connectivity index (χ4n) is 2.85. The summed E-state index contributed by atoms with van der Waals surface area (Å²) < 4.78 is 7.82. The first-order valence-electron chi connectivity index (χ1n) is 8.03. The van der Waals surface area contributed by atoms with Crippen LogP contribution in [-0.2, 0) is 11.8 Å². The van der Waals surface area contributed by atoms with Gasteiger partial charge < -0.3 is 14.6 Å². The van der Waals surface area contributed by atoms with E-state index < -0.39 is 0 Å². The molecule has 0 aliphatic carbocycles. The van der Waals surface area contributed by atoms with Crippen molar-refractivity contribution in [1.82, 2.24) is 14.9 Å². The Morgan fingerprint density at radius 2 is 2.30 bits per heavy atom. The molecule has 1 fully saturated rings. The molecule has 2 atom stereocenters. The minimum Gasteiger partial charge on any atom is -0.372 e. The van der Waals surface area contributed by atoms with Gasteiger partial charge in [-0.05, 0) is 30.9 Å². The topological polar surface area (TPSA) is 56.1 Å². The van der Waals surface area contributed by atoms with Gasteiger partial charge in [-0.1, -0.05) is 13.8 Å². The van der Waals surface area contributed by atoms with E-state index in [0.717, 1.165) is 23.4 Å². The molecule has 23 heavy (non-hydrogen) atoms. The molecule has 2 aromatic rings. The van der Waals surface area contributed by atoms with Gasteiger partial charge >= 0.3 is 0 Å². The Morgan fingerprint density at radius 1 is 1.48 bits per heavy atom. The molecular formula is C17H23N3O2S. The Labute approximate surface area is 140 Å². The third kappa shape index (κ3) is 3.64. The molecule has 1 amide bonds. The summed E-state index contributed by atoms with van der Waals surface area (Å²) in [5, 5.41) is 3.16. The lowest BCUT2D eigenvalue weighted by Crippen LogP contribution is -2.39. The molecule has 5 nitrogen and oxygen atoms in total. The van der Waals surface area contributed by atoms with E-state index in [0.29, 0.717) is 12.5 Å². The molecular weight excluding hydrogens is 310 g/mol. The van der Waals surface area contributed by atoms with Crippen LogP contribution in [0.1, 0.15) is 59.0 Å². The van der Waals surface area contributed by atoms with Crippen LogP contribution < -0.4 is 5.32 Å². The van der Waals surface area contributed by atoms with Crippen LogP contribution in [0.2, 0.25) is 0 Å². The third-order valence-corrected chi connectivity index (χ3v) is 5.61. The summed E-state index contributed by atoms with van der Waals surface area (Å²) in [6.07, 6.45) is 5.25. The summed E-state index contributed by atoms with van der Waals surface area (Å²) >= 11 is 1.58. The van der Waals surface area contributed by atoms with E-state index in [9.17, 15) is 4.79 Å². The Morgan fingerprint density at radius 3 is 2.96 bits per heavy atom. The molecule has 0 spiro atoms. The van der Waals surface area contributed by atoms with Crippen LogP contribution in [0.25, 0.3) is 0 Å². The Hall–Kier alpha value is -1.66. The predicted octanol–water partition coefficient (Wildman–Crippen LogP) is 3.26. The number of nitrogens with one attached hydrogen (secondary N) is 1. The van der Waals surface area contributed by atoms with E-state index in [1.165, 1.54) is 4.88 Å². The van der Waals surface area contributed by atoms with Crippen LogP contribution in [0.4, 0.5) is 0 Å². The quantitative estimate of drug-likeness (QED) is 0.934. The van der Waals surface area contributed by atoms with Crippen molar-refractivity contribution in [2.75, 3.05) is 6.61 Å². The summed E-state index contributed by atoms with van der Waals surface area (Å²) in [7, 11) is 1.97. The van der Waals surface area contributed by atoms with E-state index in [2.05, 4.69) is 24.1 Å². The van der Waals surface area contributed by atoms with E-state index in [1.807, 2.05) is 29.9 Å². The van der Waals surface area contributed by atoms with Gasteiger partial charge in [0.15, 0.2) is 0 Å². The van der Waals surface area contributed by atoms with Gasteiger partial charge in [0.05, 0.1) is 23.1 Å². The minimum absolute atomic E-state index is 0.00360. The normalized spacial score (nSPS) is 21.6. The molecule has 1 aliphatic heterocycles. The van der Waals surface area contributed by atoms with Crippen LogP contribution in [-0.4, -0.2) is 28.1 Å². The Bertz CT molecular complexity index is 677. The average molecular weight is 333 g/mol. The number of hydrogen-bond acceptors (Lipinski definition) is 4. The van der Waals surface area contributed by atoms with Crippen molar-refractivity contribution >= 4 is 17.2 Å². The van der Waals surface area contributed by atoms with Crippen molar-refractivity contribution in [3.8, 4) is 0 Å². The molecule has 3 heterocycles. The number of rotatable bonds is 4. The number of carbonyl (C=O) groups is 1. The molecule has 3 rings (SSSR count). The van der Waals surface area contributed by atoms with Crippen molar-refractivity contribution < 1.29 is 9.53 Å². The smallest absolute Gasteiger partial charge is 0.261 e. The number of hydrogen-bond donors (Lipinski definition) is 1. The molecule has 6 heteroatoms. The highest BCUT2D eigenvalue weighted by Gasteiger charge is 2.27. The Balaban J connectivity index is 1.63. The minimum atomic E-state index is -0.00360. The van der Waals surface area contributed by atoms with Crippen LogP contribution in [0.3, 0.4) is 0 Å². The third-order valence-electron chi connectivity index (χ3n) is 4.22. The van der Waals surface area contributed by atoms with E-state index in [-0.39, 0.29) is 18.1 Å². The Kier molecular flexibility index (Phi) is 4.82. The lowest BCUT2D eigenvalue weighted by atomic mass is 10.0. The molecule has 0 aromatic carbocycles. The number of carbonyl (C=O) groups excluding carboxylic acids is 1. The van der Waals surface area contributed by atoms with E-state index >= 15 is 0 Å². The number of ether oxygens (including phenoxy) is 1. The number of thiophene rings is 1. The number of aromatic nitrogens is 2. The second-order valence-corrected chi connectivity index (χ2v) is 7.46. The second kappa shape index (κ2) is 6.84. The van der Waals surface area contributed by atoms with Crippen LogP contribution in [0, 0.1) is 0 Å². The number of nitrogens with zero attached hydrogens (tertiary/aromatic N) is 2. The molecule has 1 aliphatic rings. The molecule has 0 unspecified atom stereocenters. The average Bonchev–Trinajstić information content (AvgIpc) is 3.16. The fraction of sp³-hybridized carbons (Fsp3) is 0.529. The largest absolute Gasteiger partial charge is 0.372 e. The summed E-state index contributed by atoms with van der Waals surface area (Å²) in [6.45, 7) is 4.94. The maximum Gasteiger partial charge on any atom is 0.261 e. The van der Waals surface area contributed by atoms with Gasteiger partial charge in [-0.3, -0.25) is 4.79 Å². The highest BCUT2D eigenvalue weighted by molar-refractivity contribution is 7.14. The van der Waals surface area contributed by atoms with Crippen LogP contribution in [0.15, 0.2) is 24.7 Å². The molecule has 1 saturated heterocycles. The first-order chi connectivity index (χ1) is 11.0. The van der Waals surface area contributed by atoms with E-state index in [1.54, 1.807) is 17.7 Å². The SMILES string of the molecule is CC(C)c1ccc(C(=O)N[C@H]2CCO[C@H](c3cncn3C)C2)s1. The maximum absolute atomic E-state index is 12.4. The van der Waals surface area contributed by atoms with Gasteiger partial charge in [-0.2, -0.15) is 0 Å². The molecule has 1 N–H and O–H groups in total. The molecule has 124 valence electrons. The van der Waals surface area contributed by atoms with Crippen molar-refractivity contribution in [3.63, 3.8) is 0 Å². The maximum atomic E-state index is 12.4. The highest BCUT2D eigenvalue weighted by Crippen LogP contribution is 2.28. The zero-order valence-electron chi connectivity index (χ0n) is 13.8. The van der Waals surface area contributed by atoms with Gasteiger partial charge in [0.2, 0.25) is 0 Å². The number of amides is 1. The van der Waals surface area contributed by atoms with Crippen LogP contribution in [0.5, 0.6) is 0 Å². The van der Waals surface area contributed by atoms with Crippen molar-refractivity contribution in [3.05, 3.63) is 40.1 Å².